The second kappa shape index (κ2) is 5.25. The van der Waals surface area contributed by atoms with Crippen LogP contribution in [0.2, 0.25) is 0 Å². The fourth-order valence-electron chi connectivity index (χ4n) is 4.06. The molecule has 3 fully saturated rings. The highest BCUT2D eigenvalue weighted by molar-refractivity contribution is 4.96. The minimum Gasteiger partial charge on any atom is -0.378 e. The lowest BCUT2D eigenvalue weighted by molar-refractivity contribution is -0.0138. The molecule has 4 unspecified atom stereocenters. The largest absolute Gasteiger partial charge is 0.378 e. The number of nitrogens with zero attached hydrogens (tertiary/aromatic N) is 1. The fourth-order valence-corrected chi connectivity index (χ4v) is 4.06. The number of rotatable bonds is 3. The minimum absolute atomic E-state index is 0.658. The second-order valence-electron chi connectivity index (χ2n) is 6.00. The van der Waals surface area contributed by atoms with Crippen molar-refractivity contribution in [3.63, 3.8) is 0 Å². The molecule has 3 rings (SSSR count). The average Bonchev–Trinajstić information content (AvgIpc) is 2.95. The lowest BCUT2D eigenvalue weighted by Gasteiger charge is -2.37. The zero-order valence-electron chi connectivity index (χ0n) is 11.0. The van der Waals surface area contributed by atoms with Gasteiger partial charge in [-0.3, -0.25) is 4.90 Å². The van der Waals surface area contributed by atoms with E-state index in [4.69, 9.17) is 4.74 Å². The van der Waals surface area contributed by atoms with Crippen LogP contribution in [0.3, 0.4) is 0 Å². The molecule has 0 radical (unpaired) electrons. The quantitative estimate of drug-likeness (QED) is 0.806. The molecule has 4 atom stereocenters. The van der Waals surface area contributed by atoms with E-state index in [0.717, 1.165) is 37.6 Å². The summed E-state index contributed by atoms with van der Waals surface area (Å²) < 4.78 is 5.59. The van der Waals surface area contributed by atoms with Crippen molar-refractivity contribution in [2.45, 2.75) is 44.7 Å². The maximum atomic E-state index is 5.59. The van der Waals surface area contributed by atoms with Crippen molar-refractivity contribution in [3.05, 3.63) is 0 Å². The molecule has 3 aliphatic rings. The lowest BCUT2D eigenvalue weighted by atomic mass is 9.93. The Kier molecular flexibility index (Phi) is 3.69. The third-order valence-electron chi connectivity index (χ3n) is 5.13. The molecule has 3 nitrogen and oxygen atoms in total. The van der Waals surface area contributed by atoms with Crippen LogP contribution in [0, 0.1) is 11.8 Å². The molecule has 2 saturated heterocycles. The molecule has 2 aliphatic heterocycles. The van der Waals surface area contributed by atoms with E-state index in [9.17, 15) is 0 Å². The molecular weight excluding hydrogens is 212 g/mol. The number of hydrogen-bond acceptors (Lipinski definition) is 3. The lowest BCUT2D eigenvalue weighted by Crippen LogP contribution is -2.50. The van der Waals surface area contributed by atoms with Crippen LogP contribution in [0.4, 0.5) is 0 Å². The summed E-state index contributed by atoms with van der Waals surface area (Å²) in [5.41, 5.74) is 0. The normalized spacial score (nSPS) is 42.9. The van der Waals surface area contributed by atoms with Gasteiger partial charge in [-0.25, -0.2) is 0 Å². The van der Waals surface area contributed by atoms with Crippen LogP contribution in [0.15, 0.2) is 0 Å². The van der Waals surface area contributed by atoms with Crippen LogP contribution in [0.25, 0.3) is 0 Å². The second-order valence-corrected chi connectivity index (χ2v) is 6.00. The number of fused-ring (bicyclic) bond motifs is 1. The van der Waals surface area contributed by atoms with E-state index in [1.54, 1.807) is 0 Å². The molecule has 1 aliphatic carbocycles. The topological polar surface area (TPSA) is 24.5 Å². The van der Waals surface area contributed by atoms with Crippen molar-refractivity contribution in [1.82, 2.24) is 10.2 Å². The number of hydrogen-bond donors (Lipinski definition) is 1. The first-order chi connectivity index (χ1) is 8.38. The maximum absolute atomic E-state index is 5.59. The fraction of sp³-hybridized carbons (Fsp3) is 1.00. The summed E-state index contributed by atoms with van der Waals surface area (Å²) in [6.45, 7) is 7.81. The van der Waals surface area contributed by atoms with E-state index in [1.807, 2.05) is 0 Å². The van der Waals surface area contributed by atoms with Crippen LogP contribution in [0.5, 0.6) is 0 Å². The van der Waals surface area contributed by atoms with Crippen molar-refractivity contribution < 1.29 is 4.74 Å². The summed E-state index contributed by atoms with van der Waals surface area (Å²) in [4.78, 5) is 2.67. The summed E-state index contributed by atoms with van der Waals surface area (Å²) in [6, 6.07) is 1.42. The van der Waals surface area contributed by atoms with E-state index in [-0.39, 0.29) is 0 Å². The van der Waals surface area contributed by atoms with E-state index >= 15 is 0 Å². The first kappa shape index (κ1) is 11.9. The minimum atomic E-state index is 0.658. The number of morpholine rings is 1. The highest BCUT2D eigenvalue weighted by Crippen LogP contribution is 2.38. The summed E-state index contributed by atoms with van der Waals surface area (Å²) in [6.07, 6.45) is 5.62. The van der Waals surface area contributed by atoms with Gasteiger partial charge in [-0.05, 0) is 37.6 Å². The van der Waals surface area contributed by atoms with Gasteiger partial charge in [-0.1, -0.05) is 13.3 Å². The summed E-state index contributed by atoms with van der Waals surface area (Å²) >= 11 is 0. The summed E-state index contributed by atoms with van der Waals surface area (Å²) in [5, 5.41) is 3.77. The molecule has 1 N–H and O–H groups in total. The Labute approximate surface area is 105 Å². The predicted molar refractivity (Wildman–Crippen MR) is 69.1 cm³/mol. The predicted octanol–water partition coefficient (Wildman–Crippen LogP) is 1.49. The van der Waals surface area contributed by atoms with Gasteiger partial charge in [0.1, 0.15) is 0 Å². The average molecular weight is 238 g/mol. The zero-order chi connectivity index (χ0) is 11.7. The molecule has 2 heterocycles. The van der Waals surface area contributed by atoms with Gasteiger partial charge >= 0.3 is 0 Å². The van der Waals surface area contributed by atoms with Crippen molar-refractivity contribution in [2.75, 3.05) is 32.8 Å². The zero-order valence-corrected chi connectivity index (χ0v) is 11.0. The number of ether oxygens (including phenoxy) is 1. The Morgan fingerprint density at radius 3 is 3.18 bits per heavy atom. The highest BCUT2D eigenvalue weighted by atomic mass is 16.5. The molecule has 0 aromatic carbocycles. The molecule has 0 spiro atoms. The molecule has 98 valence electrons. The van der Waals surface area contributed by atoms with Gasteiger partial charge in [-0.15, -0.1) is 0 Å². The van der Waals surface area contributed by atoms with Crippen LogP contribution >= 0.6 is 0 Å². The Morgan fingerprint density at radius 2 is 2.29 bits per heavy atom. The van der Waals surface area contributed by atoms with Gasteiger partial charge in [0.15, 0.2) is 0 Å². The van der Waals surface area contributed by atoms with Crippen LogP contribution in [-0.4, -0.2) is 49.8 Å². The Hall–Kier alpha value is -0.120. The van der Waals surface area contributed by atoms with Crippen molar-refractivity contribution in [3.8, 4) is 0 Å². The molecule has 0 amide bonds. The molecule has 0 aromatic heterocycles. The van der Waals surface area contributed by atoms with Gasteiger partial charge in [0.2, 0.25) is 0 Å². The first-order valence-electron chi connectivity index (χ1n) is 7.43. The summed E-state index contributed by atoms with van der Waals surface area (Å²) in [7, 11) is 0. The maximum Gasteiger partial charge on any atom is 0.0622 e. The Morgan fingerprint density at radius 1 is 1.35 bits per heavy atom. The van der Waals surface area contributed by atoms with Gasteiger partial charge in [0.05, 0.1) is 13.2 Å². The van der Waals surface area contributed by atoms with Crippen LogP contribution in [-0.2, 0) is 4.74 Å². The summed E-state index contributed by atoms with van der Waals surface area (Å²) in [5.74, 6) is 1.96. The Bertz CT molecular complexity index is 257. The van der Waals surface area contributed by atoms with Crippen molar-refractivity contribution >= 4 is 0 Å². The van der Waals surface area contributed by atoms with E-state index in [1.165, 1.54) is 38.8 Å². The molecular formula is C14H26N2O. The van der Waals surface area contributed by atoms with Gasteiger partial charge in [0, 0.05) is 25.2 Å². The van der Waals surface area contributed by atoms with Crippen molar-refractivity contribution in [1.29, 1.82) is 0 Å². The number of nitrogens with one attached hydrogen (secondary N) is 1. The van der Waals surface area contributed by atoms with E-state index in [2.05, 4.69) is 17.1 Å². The van der Waals surface area contributed by atoms with Gasteiger partial charge in [-0.2, -0.15) is 0 Å². The third kappa shape index (κ3) is 2.38. The molecule has 0 aromatic rings. The standard InChI is InChI=1S/C14H26N2O/c1-2-12-10-17-7-6-16(12)9-14-13-5-3-4-11(13)8-15-14/h11-15H,2-10H2,1H3. The van der Waals surface area contributed by atoms with Gasteiger partial charge < -0.3 is 10.1 Å². The Balaban J connectivity index is 1.58. The molecule has 17 heavy (non-hydrogen) atoms. The van der Waals surface area contributed by atoms with Crippen molar-refractivity contribution in [2.24, 2.45) is 11.8 Å². The van der Waals surface area contributed by atoms with E-state index < -0.39 is 0 Å². The van der Waals surface area contributed by atoms with Crippen LogP contribution < -0.4 is 5.32 Å². The molecule has 0 bridgehead atoms. The van der Waals surface area contributed by atoms with E-state index in [0.29, 0.717) is 6.04 Å². The van der Waals surface area contributed by atoms with Crippen LogP contribution in [0.1, 0.15) is 32.6 Å². The first-order valence-corrected chi connectivity index (χ1v) is 7.43. The molecule has 3 heteroatoms. The SMILES string of the molecule is CCC1COCCN1CC1NCC2CCCC21. The molecule has 1 saturated carbocycles. The smallest absolute Gasteiger partial charge is 0.0622 e. The van der Waals surface area contributed by atoms with Gasteiger partial charge in [0.25, 0.3) is 0 Å². The third-order valence-corrected chi connectivity index (χ3v) is 5.13. The monoisotopic (exact) mass is 238 g/mol. The highest BCUT2D eigenvalue weighted by Gasteiger charge is 2.40.